The van der Waals surface area contributed by atoms with Crippen LogP contribution in [0.1, 0.15) is 42.5 Å². The first-order chi connectivity index (χ1) is 8.89. The molecule has 0 aliphatic carbocycles. The highest BCUT2D eigenvalue weighted by molar-refractivity contribution is 7.99. The van der Waals surface area contributed by atoms with Crippen LogP contribution in [0.25, 0.3) is 0 Å². The van der Waals surface area contributed by atoms with Gasteiger partial charge in [-0.25, -0.2) is 0 Å². The fourth-order valence-corrected chi connectivity index (χ4v) is 3.76. The SMILES string of the molecule is CCCSCC1(C)Cc2c(C)c(N)c(C)c(C)c2O1.Cl. The predicted octanol–water partition coefficient (Wildman–Crippen LogP) is 4.45. The predicted molar refractivity (Wildman–Crippen MR) is 92.7 cm³/mol. The third kappa shape index (κ3) is 3.04. The van der Waals surface area contributed by atoms with E-state index in [2.05, 4.69) is 34.6 Å². The van der Waals surface area contributed by atoms with E-state index < -0.39 is 0 Å². The van der Waals surface area contributed by atoms with Crippen LogP contribution in [0.2, 0.25) is 0 Å². The smallest absolute Gasteiger partial charge is 0.127 e. The van der Waals surface area contributed by atoms with Gasteiger partial charge in [-0.2, -0.15) is 11.8 Å². The summed E-state index contributed by atoms with van der Waals surface area (Å²) >= 11 is 1.98. The van der Waals surface area contributed by atoms with Gasteiger partial charge in [-0.1, -0.05) is 6.92 Å². The van der Waals surface area contributed by atoms with Crippen LogP contribution in [-0.2, 0) is 6.42 Å². The Hall–Kier alpha value is -0.540. The number of thioether (sulfide) groups is 1. The largest absolute Gasteiger partial charge is 0.486 e. The van der Waals surface area contributed by atoms with Gasteiger partial charge in [-0.3, -0.25) is 0 Å². The zero-order valence-electron chi connectivity index (χ0n) is 13.1. The Balaban J connectivity index is 0.00000200. The molecule has 1 heterocycles. The molecule has 0 radical (unpaired) electrons. The number of benzene rings is 1. The second-order valence-electron chi connectivity index (χ2n) is 5.88. The van der Waals surface area contributed by atoms with Crippen LogP contribution in [0.5, 0.6) is 5.75 Å². The molecule has 1 atom stereocenters. The van der Waals surface area contributed by atoms with E-state index >= 15 is 0 Å². The van der Waals surface area contributed by atoms with Crippen molar-refractivity contribution < 1.29 is 4.74 Å². The highest BCUT2D eigenvalue weighted by Crippen LogP contribution is 2.44. The highest BCUT2D eigenvalue weighted by Gasteiger charge is 2.37. The molecule has 114 valence electrons. The molecular weight excluding hydrogens is 290 g/mol. The molecule has 2 N–H and O–H groups in total. The number of halogens is 1. The highest BCUT2D eigenvalue weighted by atomic mass is 35.5. The maximum atomic E-state index is 6.31. The van der Waals surface area contributed by atoms with E-state index in [1.165, 1.54) is 34.4 Å². The molecular formula is C16H26ClNOS. The summed E-state index contributed by atoms with van der Waals surface area (Å²) < 4.78 is 6.31. The number of anilines is 1. The van der Waals surface area contributed by atoms with E-state index in [1.54, 1.807) is 0 Å². The molecule has 1 aromatic rings. The quantitative estimate of drug-likeness (QED) is 0.658. The lowest BCUT2D eigenvalue weighted by Crippen LogP contribution is -2.33. The van der Waals surface area contributed by atoms with Crippen LogP contribution in [0.3, 0.4) is 0 Å². The van der Waals surface area contributed by atoms with Gasteiger partial charge in [0.05, 0.1) is 0 Å². The van der Waals surface area contributed by atoms with E-state index in [-0.39, 0.29) is 18.0 Å². The van der Waals surface area contributed by atoms with Gasteiger partial charge in [0, 0.05) is 23.4 Å². The molecule has 0 spiro atoms. The molecule has 0 saturated heterocycles. The molecule has 0 saturated carbocycles. The summed E-state index contributed by atoms with van der Waals surface area (Å²) in [6.45, 7) is 10.8. The van der Waals surface area contributed by atoms with Crippen molar-refractivity contribution in [3.05, 3.63) is 22.3 Å². The maximum absolute atomic E-state index is 6.31. The lowest BCUT2D eigenvalue weighted by molar-refractivity contribution is 0.143. The molecule has 1 aliphatic rings. The molecule has 2 nitrogen and oxygen atoms in total. The van der Waals surface area contributed by atoms with Gasteiger partial charge in [-0.15, -0.1) is 12.4 Å². The molecule has 1 aromatic carbocycles. The molecule has 1 aliphatic heterocycles. The third-order valence-corrected chi connectivity index (χ3v) is 5.60. The van der Waals surface area contributed by atoms with Crippen LogP contribution in [0, 0.1) is 20.8 Å². The van der Waals surface area contributed by atoms with E-state index in [1.807, 2.05) is 11.8 Å². The number of nitrogen functional groups attached to an aromatic ring is 1. The van der Waals surface area contributed by atoms with Crippen molar-refractivity contribution in [1.29, 1.82) is 0 Å². The summed E-state index contributed by atoms with van der Waals surface area (Å²) in [4.78, 5) is 0. The second kappa shape index (κ2) is 6.48. The molecule has 2 rings (SSSR count). The first kappa shape index (κ1) is 17.5. The zero-order chi connectivity index (χ0) is 14.2. The minimum Gasteiger partial charge on any atom is -0.486 e. The van der Waals surface area contributed by atoms with Crippen molar-refractivity contribution in [3.63, 3.8) is 0 Å². The average molecular weight is 316 g/mol. The molecule has 0 amide bonds. The van der Waals surface area contributed by atoms with Crippen molar-refractivity contribution in [2.75, 3.05) is 17.2 Å². The molecule has 0 bridgehead atoms. The third-order valence-electron chi connectivity index (χ3n) is 4.09. The Morgan fingerprint density at radius 1 is 1.20 bits per heavy atom. The van der Waals surface area contributed by atoms with Gasteiger partial charge in [0.15, 0.2) is 0 Å². The number of fused-ring (bicyclic) bond motifs is 1. The molecule has 0 aromatic heterocycles. The van der Waals surface area contributed by atoms with Crippen LogP contribution < -0.4 is 10.5 Å². The molecule has 20 heavy (non-hydrogen) atoms. The minimum atomic E-state index is -0.0715. The minimum absolute atomic E-state index is 0. The van der Waals surface area contributed by atoms with Crippen LogP contribution in [-0.4, -0.2) is 17.1 Å². The first-order valence-electron chi connectivity index (χ1n) is 7.04. The number of rotatable bonds is 4. The zero-order valence-corrected chi connectivity index (χ0v) is 14.8. The topological polar surface area (TPSA) is 35.2 Å². The summed E-state index contributed by atoms with van der Waals surface area (Å²) in [6, 6.07) is 0. The Kier molecular flexibility index (Phi) is 5.68. The summed E-state index contributed by atoms with van der Waals surface area (Å²) in [5, 5.41) is 0. The normalized spacial score (nSPS) is 20.2. The molecule has 0 fully saturated rings. The summed E-state index contributed by atoms with van der Waals surface area (Å²) in [5.74, 6) is 3.34. The summed E-state index contributed by atoms with van der Waals surface area (Å²) in [5.41, 5.74) is 12.0. The molecule has 4 heteroatoms. The molecule has 1 unspecified atom stereocenters. The van der Waals surface area contributed by atoms with Crippen LogP contribution in [0.4, 0.5) is 5.69 Å². The van der Waals surface area contributed by atoms with E-state index in [4.69, 9.17) is 10.5 Å². The van der Waals surface area contributed by atoms with Gasteiger partial charge in [0.2, 0.25) is 0 Å². The Morgan fingerprint density at radius 3 is 2.45 bits per heavy atom. The van der Waals surface area contributed by atoms with E-state index in [0.29, 0.717) is 0 Å². The van der Waals surface area contributed by atoms with Crippen molar-refractivity contribution in [3.8, 4) is 5.75 Å². The number of nitrogens with two attached hydrogens (primary N) is 1. The van der Waals surface area contributed by atoms with Crippen LogP contribution in [0.15, 0.2) is 0 Å². The van der Waals surface area contributed by atoms with Gasteiger partial charge in [0.25, 0.3) is 0 Å². The van der Waals surface area contributed by atoms with E-state index in [0.717, 1.165) is 23.6 Å². The van der Waals surface area contributed by atoms with E-state index in [9.17, 15) is 0 Å². The van der Waals surface area contributed by atoms with Crippen LogP contribution >= 0.6 is 24.2 Å². The summed E-state index contributed by atoms with van der Waals surface area (Å²) in [6.07, 6.45) is 2.20. The van der Waals surface area contributed by atoms with Crippen molar-refractivity contribution in [2.24, 2.45) is 0 Å². The van der Waals surface area contributed by atoms with Crippen molar-refractivity contribution in [1.82, 2.24) is 0 Å². The number of ether oxygens (including phenoxy) is 1. The lowest BCUT2D eigenvalue weighted by atomic mass is 9.93. The fourth-order valence-electron chi connectivity index (χ4n) is 2.73. The monoisotopic (exact) mass is 315 g/mol. The lowest BCUT2D eigenvalue weighted by Gasteiger charge is -2.24. The summed E-state index contributed by atoms with van der Waals surface area (Å²) in [7, 11) is 0. The second-order valence-corrected chi connectivity index (χ2v) is 6.98. The standard InChI is InChI=1S/C16H25NOS.ClH/c1-6-7-19-9-16(5)8-13-12(4)14(17)10(2)11(3)15(13)18-16;/h6-9,17H2,1-5H3;1H. The van der Waals surface area contributed by atoms with Gasteiger partial charge in [-0.05, 0) is 56.6 Å². The van der Waals surface area contributed by atoms with Crippen molar-refractivity contribution in [2.45, 2.75) is 53.1 Å². The van der Waals surface area contributed by atoms with Gasteiger partial charge >= 0.3 is 0 Å². The Morgan fingerprint density at radius 2 is 1.85 bits per heavy atom. The van der Waals surface area contributed by atoms with Gasteiger partial charge in [0.1, 0.15) is 11.4 Å². The Labute approximate surface area is 133 Å². The Bertz CT molecular complexity index is 465. The number of hydrogen-bond acceptors (Lipinski definition) is 3. The first-order valence-corrected chi connectivity index (χ1v) is 8.20. The maximum Gasteiger partial charge on any atom is 0.127 e. The number of hydrogen-bond donors (Lipinski definition) is 1. The fraction of sp³-hybridized carbons (Fsp3) is 0.625. The average Bonchev–Trinajstić information content (AvgIpc) is 2.73. The van der Waals surface area contributed by atoms with Gasteiger partial charge < -0.3 is 10.5 Å². The van der Waals surface area contributed by atoms with Crippen molar-refractivity contribution >= 4 is 29.9 Å².